The van der Waals surface area contributed by atoms with Crippen LogP contribution in [0.15, 0.2) is 0 Å². The number of nitrogens with two attached hydrogens (primary N) is 1. The lowest BCUT2D eigenvalue weighted by Crippen LogP contribution is -2.61. The number of primary amides is 1. The Morgan fingerprint density at radius 2 is 0.912 bits per heavy atom. The Kier molecular flexibility index (Phi) is 40.9. The van der Waals surface area contributed by atoms with Gasteiger partial charge in [-0.15, -0.1) is 0 Å². The Morgan fingerprint density at radius 3 is 1.40 bits per heavy atom. The van der Waals surface area contributed by atoms with Gasteiger partial charge in [-0.1, -0.05) is 33.6 Å². The first kappa shape index (κ1) is 73.0. The van der Waals surface area contributed by atoms with E-state index in [9.17, 15) is 72.5 Å². The minimum atomic E-state index is -1.91. The van der Waals surface area contributed by atoms with Crippen LogP contribution < -0.4 is 53.6 Å². The van der Waals surface area contributed by atoms with Crippen molar-refractivity contribution in [1.82, 2.24) is 52.8 Å². The number of ether oxygens (including phenoxy) is 5. The summed E-state index contributed by atoms with van der Waals surface area (Å²) in [7, 11) is 0. The molecule has 456 valence electrons. The van der Waals surface area contributed by atoms with Gasteiger partial charge in [0.25, 0.3) is 0 Å². The van der Waals surface area contributed by atoms with Crippen molar-refractivity contribution in [3.05, 3.63) is 0 Å². The zero-order valence-corrected chi connectivity index (χ0v) is 45.4. The lowest BCUT2D eigenvalue weighted by atomic mass is 10.0. The van der Waals surface area contributed by atoms with Crippen LogP contribution >= 0.6 is 0 Å². The number of hydrogen-bond donors (Lipinski definition) is 14. The van der Waals surface area contributed by atoms with E-state index < -0.39 is 161 Å². The highest BCUT2D eigenvalue weighted by Crippen LogP contribution is 2.06. The molecule has 10 amide bonds. The fourth-order valence-electron chi connectivity index (χ4n) is 6.42. The van der Waals surface area contributed by atoms with Gasteiger partial charge in [-0.05, 0) is 19.3 Å². The number of aliphatic hydroxyl groups is 2. The van der Waals surface area contributed by atoms with E-state index in [-0.39, 0.29) is 83.9 Å². The molecule has 5 atom stereocenters. The number of nitrogens with zero attached hydrogens (tertiary/aromatic N) is 1. The number of carbonyl (C=O) groups excluding carboxylic acids is 11. The number of nitrogens with one attached hydrogen (secondary N) is 9. The summed E-state index contributed by atoms with van der Waals surface area (Å²) >= 11 is 0. The van der Waals surface area contributed by atoms with Gasteiger partial charge in [0, 0.05) is 39.1 Å². The molecule has 0 fully saturated rings. The van der Waals surface area contributed by atoms with Crippen molar-refractivity contribution in [1.29, 1.82) is 0 Å². The molecular weight excluding hydrogens is 1070 g/mol. The number of aliphatic hydroxyl groups excluding tert-OH is 2. The molecule has 0 radical (unpaired) electrons. The van der Waals surface area contributed by atoms with Crippen LogP contribution in [-0.4, -0.2) is 257 Å². The van der Waals surface area contributed by atoms with Crippen LogP contribution in [0, 0.1) is 0 Å². The summed E-state index contributed by atoms with van der Waals surface area (Å²) in [6.07, 6.45) is 1.12. The topological polar surface area (TPSA) is 487 Å². The van der Waals surface area contributed by atoms with Crippen LogP contribution in [-0.2, 0) is 86.0 Å². The summed E-state index contributed by atoms with van der Waals surface area (Å²) < 4.78 is 26.2. The van der Waals surface area contributed by atoms with Gasteiger partial charge in [-0.25, -0.2) is 0 Å². The fourth-order valence-corrected chi connectivity index (χ4v) is 6.42. The van der Waals surface area contributed by atoms with Gasteiger partial charge >= 0.3 is 11.9 Å². The van der Waals surface area contributed by atoms with E-state index in [0.29, 0.717) is 26.0 Å². The number of unbranched alkanes of at least 4 members (excludes halogenated alkanes) is 1. The molecule has 0 aliphatic carbocycles. The van der Waals surface area contributed by atoms with Crippen molar-refractivity contribution >= 4 is 76.8 Å². The molecule has 15 N–H and O–H groups in total. The van der Waals surface area contributed by atoms with Crippen LogP contribution in [0.5, 0.6) is 0 Å². The third kappa shape index (κ3) is 37.0. The van der Waals surface area contributed by atoms with Crippen LogP contribution in [0.25, 0.3) is 0 Å². The summed E-state index contributed by atoms with van der Waals surface area (Å²) in [6, 6.07) is -8.16. The van der Waals surface area contributed by atoms with E-state index >= 15 is 0 Å². The van der Waals surface area contributed by atoms with Gasteiger partial charge in [0.1, 0.15) is 44.0 Å². The quantitative estimate of drug-likeness (QED) is 0.0252. The first-order valence-electron chi connectivity index (χ1n) is 25.8. The third-order valence-corrected chi connectivity index (χ3v) is 10.5. The first-order chi connectivity index (χ1) is 38.1. The number of amides is 10. The van der Waals surface area contributed by atoms with Crippen molar-refractivity contribution in [3.63, 3.8) is 0 Å². The molecule has 0 aromatic rings. The standard InChI is InChI=1S/C47H81N11O22/c1-4-7-8-30(35(61)6-3)54-45(73)32(20-51-38(64)22-58(23-42(68)69)24-43(70)71)56-47(75)34(26-60)57-44(72)31(9-10-36(48)62)55-46(74)33(25-59)53-37(63)21-52-41(67)29-80-19-17-77-15-12-50-40(66)28-79-18-16-76-14-11-49-39(65)27-78-13-5-2/h30-34,59-60H,4-29H2,1-3H3,(H2,48,62)(H,49,65)(H,50,66)(H,51,64)(H,52,67)(H,53,63)(H,54,73)(H,55,74)(H,56,75)(H,57,72)(H,68,69)(H,70,71)/t30-,31-,32-,33-,34-/m0/s1. The summed E-state index contributed by atoms with van der Waals surface area (Å²) in [6.45, 7) is 0.103. The van der Waals surface area contributed by atoms with Gasteiger partial charge in [-0.3, -0.25) is 67.2 Å². The molecule has 0 aromatic carbocycles. The molecule has 0 aromatic heterocycles. The zero-order valence-electron chi connectivity index (χ0n) is 45.4. The number of carboxylic acids is 2. The minimum absolute atomic E-state index is 0.0181. The van der Waals surface area contributed by atoms with Crippen molar-refractivity contribution in [2.45, 2.75) is 95.9 Å². The number of ketones is 1. The molecule has 0 aliphatic rings. The number of Topliss-reactive ketones (excluding diaryl/α,β-unsaturated/α-hetero) is 1. The molecular formula is C47H81N11O22. The Morgan fingerprint density at radius 1 is 0.463 bits per heavy atom. The number of aliphatic carboxylic acids is 2. The summed E-state index contributed by atoms with van der Waals surface area (Å²) in [5, 5.41) is 59.3. The number of carboxylic acid groups (broad SMARTS) is 2. The molecule has 0 spiro atoms. The van der Waals surface area contributed by atoms with Crippen molar-refractivity contribution in [2.75, 3.05) is 125 Å². The SMILES string of the molecule is CCCC[C@H](NC(=O)[C@H](CNC(=O)CN(CC(=O)O)CC(=O)O)NC(=O)[C@H](CO)NC(=O)[C@H](CCC(N)=O)NC(=O)[C@H](CO)NC(=O)CNC(=O)COCCOCCNC(=O)COCCOCCNC(=O)COCCC)C(=O)CC. The van der Waals surface area contributed by atoms with Crippen LogP contribution in [0.2, 0.25) is 0 Å². The predicted molar refractivity (Wildman–Crippen MR) is 275 cm³/mol. The van der Waals surface area contributed by atoms with Gasteiger partial charge in [0.05, 0.1) is 85.1 Å². The molecule has 0 saturated heterocycles. The van der Waals surface area contributed by atoms with Crippen LogP contribution in [0.3, 0.4) is 0 Å². The van der Waals surface area contributed by atoms with Crippen molar-refractivity contribution in [2.24, 2.45) is 5.73 Å². The van der Waals surface area contributed by atoms with Gasteiger partial charge in [0.15, 0.2) is 5.78 Å². The number of rotatable bonds is 49. The minimum Gasteiger partial charge on any atom is -0.480 e. The van der Waals surface area contributed by atoms with Crippen molar-refractivity contribution < 1.29 is 106 Å². The summed E-state index contributed by atoms with van der Waals surface area (Å²) in [5.74, 6) is -12.3. The van der Waals surface area contributed by atoms with Crippen LogP contribution in [0.1, 0.15) is 65.7 Å². The average molecular weight is 1150 g/mol. The van der Waals surface area contributed by atoms with Gasteiger partial charge in [0.2, 0.25) is 59.1 Å². The molecule has 0 rings (SSSR count). The maximum atomic E-state index is 13.6. The van der Waals surface area contributed by atoms with E-state index in [0.717, 1.165) is 11.3 Å². The number of carbonyl (C=O) groups is 13. The van der Waals surface area contributed by atoms with E-state index in [1.807, 2.05) is 13.8 Å². The third-order valence-electron chi connectivity index (χ3n) is 10.5. The maximum Gasteiger partial charge on any atom is 0.317 e. The maximum absolute atomic E-state index is 13.6. The summed E-state index contributed by atoms with van der Waals surface area (Å²) in [4.78, 5) is 163. The van der Waals surface area contributed by atoms with Crippen molar-refractivity contribution in [3.8, 4) is 0 Å². The fraction of sp³-hybridized carbons (Fsp3) is 0.723. The van der Waals surface area contributed by atoms with Crippen LogP contribution in [0.4, 0.5) is 0 Å². The summed E-state index contributed by atoms with van der Waals surface area (Å²) in [5.41, 5.74) is 5.26. The molecule has 33 nitrogen and oxygen atoms in total. The van der Waals surface area contributed by atoms with E-state index in [4.69, 9.17) is 39.6 Å². The largest absolute Gasteiger partial charge is 0.480 e. The highest BCUT2D eigenvalue weighted by Gasteiger charge is 2.33. The van der Waals surface area contributed by atoms with E-state index in [2.05, 4.69) is 47.9 Å². The Balaban J connectivity index is 5.27. The zero-order chi connectivity index (χ0) is 60.3. The lowest BCUT2D eigenvalue weighted by molar-refractivity contribution is -0.142. The molecule has 0 bridgehead atoms. The van der Waals surface area contributed by atoms with E-state index in [1.54, 1.807) is 6.92 Å². The van der Waals surface area contributed by atoms with Gasteiger partial charge in [-0.2, -0.15) is 0 Å². The first-order valence-corrected chi connectivity index (χ1v) is 25.8. The Bertz CT molecular complexity index is 1970. The predicted octanol–water partition coefficient (Wildman–Crippen LogP) is -7.74. The molecule has 0 aliphatic heterocycles. The Labute approximate surface area is 461 Å². The monoisotopic (exact) mass is 1150 g/mol. The second-order valence-electron chi connectivity index (χ2n) is 17.3. The van der Waals surface area contributed by atoms with E-state index in [1.165, 1.54) is 0 Å². The molecule has 33 heteroatoms. The van der Waals surface area contributed by atoms with Gasteiger partial charge < -0.3 is 97.7 Å². The normalized spacial score (nSPS) is 12.8. The number of hydrogen-bond acceptors (Lipinski definition) is 21. The molecule has 0 unspecified atom stereocenters. The second kappa shape index (κ2) is 44.8. The Hall–Kier alpha value is -7.01. The highest BCUT2D eigenvalue weighted by atomic mass is 16.5. The molecule has 80 heavy (non-hydrogen) atoms. The molecule has 0 heterocycles. The molecule has 0 saturated carbocycles. The highest BCUT2D eigenvalue weighted by molar-refractivity contribution is 5.97. The average Bonchev–Trinajstić information content (AvgIpc) is 3.40. The second-order valence-corrected chi connectivity index (χ2v) is 17.3. The smallest absolute Gasteiger partial charge is 0.317 e. The lowest BCUT2D eigenvalue weighted by Gasteiger charge is -2.26.